The van der Waals surface area contributed by atoms with Gasteiger partial charge in [-0.05, 0) is 47.0 Å². The van der Waals surface area contributed by atoms with E-state index in [9.17, 15) is 4.79 Å². The summed E-state index contributed by atoms with van der Waals surface area (Å²) in [5.74, 6) is 7.29. The minimum atomic E-state index is -0.253. The lowest BCUT2D eigenvalue weighted by Gasteiger charge is -2.09. The molecule has 3 N–H and O–H groups in total. The molecule has 0 aliphatic rings. The summed E-state index contributed by atoms with van der Waals surface area (Å²) in [6, 6.07) is 7.20. The molecule has 12 heteroatoms. The van der Waals surface area contributed by atoms with Crippen LogP contribution in [0, 0.1) is 0 Å². The second kappa shape index (κ2) is 10.8. The highest BCUT2D eigenvalue weighted by Crippen LogP contribution is 2.18. The first-order valence-electron chi connectivity index (χ1n) is 11.3. The van der Waals surface area contributed by atoms with E-state index in [-0.39, 0.29) is 11.5 Å². The van der Waals surface area contributed by atoms with Crippen LogP contribution < -0.4 is 16.2 Å². The number of nitrogens with one attached hydrogen (secondary N) is 1. The quantitative estimate of drug-likeness (QED) is 0.103. The van der Waals surface area contributed by atoms with Crippen molar-refractivity contribution >= 4 is 38.8 Å². The summed E-state index contributed by atoms with van der Waals surface area (Å²) in [7, 11) is 1.58. The van der Waals surface area contributed by atoms with Gasteiger partial charge in [-0.2, -0.15) is 5.90 Å². The van der Waals surface area contributed by atoms with Crippen LogP contribution in [0.2, 0.25) is 0 Å². The van der Waals surface area contributed by atoms with Gasteiger partial charge in [0.2, 0.25) is 11.7 Å². The predicted octanol–water partition coefficient (Wildman–Crippen LogP) is 3.51. The molecular weight excluding hydrogens is 516 g/mol. The summed E-state index contributed by atoms with van der Waals surface area (Å²) < 4.78 is 9.19. The molecule has 0 amide bonds. The summed E-state index contributed by atoms with van der Waals surface area (Å²) in [6.45, 7) is 6.84. The second-order valence-corrected chi connectivity index (χ2v) is 8.73. The predicted molar refractivity (Wildman–Crippen MR) is 136 cm³/mol. The SMILES string of the molecule is C=C(CCc1nnc2n(CCCCC)c3nc(Br)[nH]c3c(=O)n12)N=C(ON)c1cccc(OC)c1. The molecule has 0 unspecified atom stereocenters. The van der Waals surface area contributed by atoms with Gasteiger partial charge < -0.3 is 14.6 Å². The lowest BCUT2D eigenvalue weighted by atomic mass is 10.2. The van der Waals surface area contributed by atoms with Gasteiger partial charge in [0.25, 0.3) is 5.56 Å². The Morgan fingerprint density at radius 2 is 2.14 bits per heavy atom. The van der Waals surface area contributed by atoms with Gasteiger partial charge in [0, 0.05) is 24.2 Å². The van der Waals surface area contributed by atoms with Gasteiger partial charge in [0.1, 0.15) is 11.6 Å². The maximum absolute atomic E-state index is 13.3. The van der Waals surface area contributed by atoms with E-state index in [1.54, 1.807) is 13.2 Å². The molecule has 4 aromatic rings. The van der Waals surface area contributed by atoms with Crippen molar-refractivity contribution in [2.45, 2.75) is 45.6 Å². The van der Waals surface area contributed by atoms with Crippen LogP contribution in [0.1, 0.15) is 44.0 Å². The number of fused-ring (bicyclic) bond motifs is 2. The number of nitrogens with two attached hydrogens (primary N) is 1. The highest BCUT2D eigenvalue weighted by molar-refractivity contribution is 9.10. The number of aromatic amines is 1. The fraction of sp³-hybridized carbons (Fsp3) is 0.348. The Hall–Kier alpha value is -3.51. The van der Waals surface area contributed by atoms with Crippen molar-refractivity contribution in [1.29, 1.82) is 0 Å². The van der Waals surface area contributed by atoms with Gasteiger partial charge >= 0.3 is 0 Å². The molecule has 3 heterocycles. The molecule has 0 fully saturated rings. The average Bonchev–Trinajstić information content (AvgIpc) is 3.47. The Bertz CT molecular complexity index is 1450. The number of unbranched alkanes of at least 4 members (excludes halogenated alkanes) is 2. The normalized spacial score (nSPS) is 11.9. The van der Waals surface area contributed by atoms with E-state index < -0.39 is 0 Å². The number of benzene rings is 1. The van der Waals surface area contributed by atoms with E-state index in [1.807, 2.05) is 22.8 Å². The first-order chi connectivity index (χ1) is 17.0. The fourth-order valence-electron chi connectivity index (χ4n) is 3.84. The van der Waals surface area contributed by atoms with Crippen LogP contribution in [0.5, 0.6) is 5.75 Å². The number of methoxy groups -OCH3 is 1. The van der Waals surface area contributed by atoms with E-state index in [1.165, 1.54) is 4.40 Å². The molecule has 4 rings (SSSR count). The summed E-state index contributed by atoms with van der Waals surface area (Å²) in [5, 5.41) is 8.62. The number of halogens is 1. The highest BCUT2D eigenvalue weighted by Gasteiger charge is 2.19. The maximum Gasteiger partial charge on any atom is 0.286 e. The molecular formula is C23H27BrN8O3. The number of hydrogen-bond donors (Lipinski definition) is 2. The van der Waals surface area contributed by atoms with Crippen LogP contribution in [-0.4, -0.2) is 42.1 Å². The fourth-order valence-corrected chi connectivity index (χ4v) is 4.20. The van der Waals surface area contributed by atoms with E-state index in [2.05, 4.69) is 54.6 Å². The smallest absolute Gasteiger partial charge is 0.286 e. The van der Waals surface area contributed by atoms with Crippen molar-refractivity contribution in [1.82, 2.24) is 29.1 Å². The third-order valence-corrected chi connectivity index (χ3v) is 5.97. The third-order valence-electron chi connectivity index (χ3n) is 5.59. The zero-order chi connectivity index (χ0) is 24.9. The van der Waals surface area contributed by atoms with E-state index >= 15 is 0 Å². The van der Waals surface area contributed by atoms with Gasteiger partial charge in [-0.25, -0.2) is 14.4 Å². The standard InChI is InChI=1S/C23H27BrN8O3/c1-4-5-6-12-31-19-18(27-22(24)28-19)21(33)32-17(29-30-23(31)32)11-10-14(2)26-20(35-25)15-8-7-9-16(13-15)34-3/h7-9,13H,2,4-6,10-12,25H2,1,3H3,(H,27,28). The van der Waals surface area contributed by atoms with Crippen LogP contribution in [0.15, 0.2) is 51.1 Å². The number of allylic oxidation sites excluding steroid dienone is 1. The molecule has 0 bridgehead atoms. The molecule has 35 heavy (non-hydrogen) atoms. The summed E-state index contributed by atoms with van der Waals surface area (Å²) >= 11 is 3.34. The molecule has 0 atom stereocenters. The van der Waals surface area contributed by atoms with Crippen LogP contribution in [-0.2, 0) is 17.8 Å². The molecule has 0 saturated carbocycles. The van der Waals surface area contributed by atoms with Gasteiger partial charge in [-0.15, -0.1) is 10.2 Å². The lowest BCUT2D eigenvalue weighted by molar-refractivity contribution is 0.321. The first kappa shape index (κ1) is 24.6. The Labute approximate surface area is 209 Å². The Morgan fingerprint density at radius 1 is 1.31 bits per heavy atom. The van der Waals surface area contributed by atoms with Crippen LogP contribution in [0.4, 0.5) is 0 Å². The number of nitrogens with zero attached hydrogens (tertiary/aromatic N) is 6. The van der Waals surface area contributed by atoms with Gasteiger partial charge in [0.05, 0.1) is 7.11 Å². The monoisotopic (exact) mass is 542 g/mol. The number of ether oxygens (including phenoxy) is 1. The zero-order valence-corrected chi connectivity index (χ0v) is 21.2. The van der Waals surface area contributed by atoms with E-state index in [0.29, 0.717) is 63.9 Å². The number of rotatable bonds is 10. The molecule has 184 valence electrons. The van der Waals surface area contributed by atoms with Crippen molar-refractivity contribution < 1.29 is 9.57 Å². The zero-order valence-electron chi connectivity index (χ0n) is 19.6. The van der Waals surface area contributed by atoms with Crippen LogP contribution in [0.25, 0.3) is 16.9 Å². The molecule has 3 aromatic heterocycles. The molecule has 0 aliphatic heterocycles. The van der Waals surface area contributed by atoms with Crippen molar-refractivity contribution in [3.8, 4) is 5.75 Å². The van der Waals surface area contributed by atoms with E-state index in [0.717, 1.165) is 19.3 Å². The third kappa shape index (κ3) is 5.13. The molecule has 0 aliphatic carbocycles. The summed E-state index contributed by atoms with van der Waals surface area (Å²) in [5.41, 5.74) is 1.87. The summed E-state index contributed by atoms with van der Waals surface area (Å²) in [4.78, 5) is 30.1. The number of hydrogen-bond acceptors (Lipinski definition) is 8. The molecule has 11 nitrogen and oxygen atoms in total. The summed E-state index contributed by atoms with van der Waals surface area (Å²) in [6.07, 6.45) is 3.88. The van der Waals surface area contributed by atoms with Gasteiger partial charge in [0.15, 0.2) is 15.9 Å². The van der Waals surface area contributed by atoms with Gasteiger partial charge in [-0.1, -0.05) is 32.4 Å². The maximum atomic E-state index is 13.3. The minimum Gasteiger partial charge on any atom is -0.497 e. The van der Waals surface area contributed by atoms with Gasteiger partial charge in [-0.3, -0.25) is 9.36 Å². The number of H-pyrrole nitrogens is 1. The minimum absolute atomic E-state index is 0.210. The Kier molecular flexibility index (Phi) is 7.61. The van der Waals surface area contributed by atoms with Crippen LogP contribution >= 0.6 is 15.9 Å². The molecule has 1 aromatic carbocycles. The number of aromatic nitrogens is 6. The molecule has 0 radical (unpaired) electrons. The first-order valence-corrected chi connectivity index (χ1v) is 12.1. The average molecular weight is 543 g/mol. The highest BCUT2D eigenvalue weighted by atomic mass is 79.9. The Morgan fingerprint density at radius 3 is 2.89 bits per heavy atom. The molecule has 0 saturated heterocycles. The lowest BCUT2D eigenvalue weighted by Crippen LogP contribution is -2.21. The van der Waals surface area contributed by atoms with Crippen molar-refractivity contribution in [2.75, 3.05) is 7.11 Å². The van der Waals surface area contributed by atoms with Crippen molar-refractivity contribution in [2.24, 2.45) is 10.9 Å². The number of aliphatic imine (C=N–C) groups is 1. The number of imidazole rings is 1. The van der Waals surface area contributed by atoms with Crippen LogP contribution in [0.3, 0.4) is 0 Å². The van der Waals surface area contributed by atoms with E-state index in [4.69, 9.17) is 15.5 Å². The van der Waals surface area contributed by atoms with Crippen molar-refractivity contribution in [3.63, 3.8) is 0 Å². The largest absolute Gasteiger partial charge is 0.497 e. The number of aryl methyl sites for hydroxylation is 2. The van der Waals surface area contributed by atoms with Crippen molar-refractivity contribution in [3.05, 3.63) is 63.0 Å². The molecule has 0 spiro atoms. The topological polar surface area (TPSA) is 138 Å². The second-order valence-electron chi connectivity index (χ2n) is 7.97. The Balaban J connectivity index is 1.62.